The highest BCUT2D eigenvalue weighted by atomic mass is 15.2. The molecule has 0 radical (unpaired) electrons. The molecule has 2 N–H and O–H groups in total. The maximum absolute atomic E-state index is 6.01. The Morgan fingerprint density at radius 1 is 1.53 bits per heavy atom. The van der Waals surface area contributed by atoms with E-state index in [4.69, 9.17) is 5.73 Å². The van der Waals surface area contributed by atoms with Gasteiger partial charge in [-0.1, -0.05) is 6.92 Å². The zero-order valence-electron chi connectivity index (χ0n) is 9.56. The van der Waals surface area contributed by atoms with Crippen LogP contribution in [-0.4, -0.2) is 20.8 Å². The fourth-order valence-corrected chi connectivity index (χ4v) is 2.46. The van der Waals surface area contributed by atoms with E-state index in [1.807, 2.05) is 11.6 Å². The van der Waals surface area contributed by atoms with E-state index in [1.165, 1.54) is 12.8 Å². The summed E-state index contributed by atoms with van der Waals surface area (Å²) in [5, 5.41) is 8.05. The van der Waals surface area contributed by atoms with Gasteiger partial charge in [0.1, 0.15) is 12.2 Å². The van der Waals surface area contributed by atoms with Crippen LogP contribution in [0, 0.1) is 11.8 Å². The largest absolute Gasteiger partial charge is 0.328 e. The lowest BCUT2D eigenvalue weighted by Gasteiger charge is -2.32. The summed E-state index contributed by atoms with van der Waals surface area (Å²) in [6.07, 6.45) is 6.35. The standard InChI is InChI=1S/C11H20N4/c1-8-3-4-10(12)5-9(8)6-11-14-13-7-15(11)2/h7-10H,3-6,12H2,1-2H3. The second kappa shape index (κ2) is 4.31. The molecule has 1 aromatic rings. The molecule has 0 aromatic carbocycles. The molecule has 1 fully saturated rings. The van der Waals surface area contributed by atoms with E-state index in [0.29, 0.717) is 12.0 Å². The van der Waals surface area contributed by atoms with Gasteiger partial charge in [-0.05, 0) is 31.1 Å². The number of rotatable bonds is 2. The first-order valence-corrected chi connectivity index (χ1v) is 5.75. The number of nitrogens with two attached hydrogens (primary N) is 1. The first-order valence-electron chi connectivity index (χ1n) is 5.75. The first-order chi connectivity index (χ1) is 7.16. The third-order valence-corrected chi connectivity index (χ3v) is 3.65. The lowest BCUT2D eigenvalue weighted by molar-refractivity contribution is 0.227. The smallest absolute Gasteiger partial charge is 0.132 e. The van der Waals surface area contributed by atoms with Crippen LogP contribution >= 0.6 is 0 Å². The second-order valence-corrected chi connectivity index (χ2v) is 4.87. The van der Waals surface area contributed by atoms with E-state index in [9.17, 15) is 0 Å². The predicted octanol–water partition coefficient (Wildman–Crippen LogP) is 1.12. The maximum atomic E-state index is 6.01. The summed E-state index contributed by atoms with van der Waals surface area (Å²) in [6, 6.07) is 0.388. The minimum absolute atomic E-state index is 0.388. The van der Waals surface area contributed by atoms with Crippen LogP contribution < -0.4 is 5.73 Å². The molecule has 4 heteroatoms. The van der Waals surface area contributed by atoms with Crippen LogP contribution in [0.2, 0.25) is 0 Å². The van der Waals surface area contributed by atoms with Crippen LogP contribution in [0.1, 0.15) is 32.0 Å². The Kier molecular flexibility index (Phi) is 3.05. The van der Waals surface area contributed by atoms with Gasteiger partial charge >= 0.3 is 0 Å². The van der Waals surface area contributed by atoms with Gasteiger partial charge in [0.05, 0.1) is 0 Å². The summed E-state index contributed by atoms with van der Waals surface area (Å²) >= 11 is 0. The molecular formula is C11H20N4. The van der Waals surface area contributed by atoms with Crippen LogP contribution in [0.4, 0.5) is 0 Å². The van der Waals surface area contributed by atoms with Gasteiger partial charge in [0, 0.05) is 19.5 Å². The minimum atomic E-state index is 0.388. The summed E-state index contributed by atoms with van der Waals surface area (Å²) in [6.45, 7) is 2.33. The highest BCUT2D eigenvalue weighted by Crippen LogP contribution is 2.31. The molecule has 0 saturated heterocycles. The molecule has 0 amide bonds. The number of nitrogens with zero attached hydrogens (tertiary/aromatic N) is 3. The molecule has 1 aliphatic carbocycles. The quantitative estimate of drug-likeness (QED) is 0.792. The van der Waals surface area contributed by atoms with Crippen molar-refractivity contribution >= 4 is 0 Å². The third-order valence-electron chi connectivity index (χ3n) is 3.65. The van der Waals surface area contributed by atoms with Crippen molar-refractivity contribution in [3.63, 3.8) is 0 Å². The van der Waals surface area contributed by atoms with E-state index >= 15 is 0 Å². The summed E-state index contributed by atoms with van der Waals surface area (Å²) in [4.78, 5) is 0. The Hall–Kier alpha value is -0.900. The van der Waals surface area contributed by atoms with E-state index in [2.05, 4.69) is 17.1 Å². The van der Waals surface area contributed by atoms with Crippen molar-refractivity contribution in [3.8, 4) is 0 Å². The van der Waals surface area contributed by atoms with Crippen LogP contribution in [-0.2, 0) is 13.5 Å². The molecule has 2 rings (SSSR count). The molecule has 1 heterocycles. The van der Waals surface area contributed by atoms with Gasteiger partial charge in [0.25, 0.3) is 0 Å². The zero-order chi connectivity index (χ0) is 10.8. The number of aryl methyl sites for hydroxylation is 1. The number of hydrogen-bond acceptors (Lipinski definition) is 3. The summed E-state index contributed by atoms with van der Waals surface area (Å²) in [5.74, 6) is 2.53. The van der Waals surface area contributed by atoms with Gasteiger partial charge in [0.2, 0.25) is 0 Å². The molecule has 0 spiro atoms. The number of aromatic nitrogens is 3. The van der Waals surface area contributed by atoms with Crippen molar-refractivity contribution in [1.29, 1.82) is 0 Å². The Morgan fingerprint density at radius 2 is 2.33 bits per heavy atom. The van der Waals surface area contributed by atoms with Crippen LogP contribution in [0.3, 0.4) is 0 Å². The topological polar surface area (TPSA) is 56.7 Å². The Balaban J connectivity index is 2.01. The fraction of sp³-hybridized carbons (Fsp3) is 0.818. The Morgan fingerprint density at radius 3 is 3.00 bits per heavy atom. The summed E-state index contributed by atoms with van der Waals surface area (Å²) in [5.41, 5.74) is 6.01. The van der Waals surface area contributed by atoms with Gasteiger partial charge < -0.3 is 10.3 Å². The highest BCUT2D eigenvalue weighted by molar-refractivity contribution is 4.91. The summed E-state index contributed by atoms with van der Waals surface area (Å²) in [7, 11) is 2.00. The molecule has 1 aromatic heterocycles. The molecule has 4 nitrogen and oxygen atoms in total. The lowest BCUT2D eigenvalue weighted by Crippen LogP contribution is -2.33. The van der Waals surface area contributed by atoms with Gasteiger partial charge in [-0.2, -0.15) is 0 Å². The van der Waals surface area contributed by atoms with Gasteiger partial charge in [-0.25, -0.2) is 0 Å². The van der Waals surface area contributed by atoms with E-state index in [-0.39, 0.29) is 0 Å². The lowest BCUT2D eigenvalue weighted by atomic mass is 9.76. The third kappa shape index (κ3) is 2.37. The maximum Gasteiger partial charge on any atom is 0.132 e. The van der Waals surface area contributed by atoms with Crippen molar-refractivity contribution in [1.82, 2.24) is 14.8 Å². The Bertz CT molecular complexity index is 320. The van der Waals surface area contributed by atoms with E-state index in [0.717, 1.165) is 24.6 Å². The fourth-order valence-electron chi connectivity index (χ4n) is 2.46. The Labute approximate surface area is 90.9 Å². The van der Waals surface area contributed by atoms with Crippen molar-refractivity contribution in [2.75, 3.05) is 0 Å². The molecule has 3 unspecified atom stereocenters. The predicted molar refractivity (Wildman–Crippen MR) is 59.2 cm³/mol. The second-order valence-electron chi connectivity index (χ2n) is 4.87. The minimum Gasteiger partial charge on any atom is -0.328 e. The van der Waals surface area contributed by atoms with Crippen molar-refractivity contribution in [3.05, 3.63) is 12.2 Å². The van der Waals surface area contributed by atoms with Crippen LogP contribution in [0.15, 0.2) is 6.33 Å². The zero-order valence-corrected chi connectivity index (χ0v) is 9.56. The van der Waals surface area contributed by atoms with Crippen molar-refractivity contribution in [2.45, 2.75) is 38.6 Å². The van der Waals surface area contributed by atoms with Gasteiger partial charge in [0.15, 0.2) is 0 Å². The van der Waals surface area contributed by atoms with Crippen molar-refractivity contribution < 1.29 is 0 Å². The van der Waals surface area contributed by atoms with Crippen molar-refractivity contribution in [2.24, 2.45) is 24.6 Å². The van der Waals surface area contributed by atoms with Gasteiger partial charge in [-0.15, -0.1) is 10.2 Å². The summed E-state index contributed by atoms with van der Waals surface area (Å²) < 4.78 is 2.01. The SMILES string of the molecule is CC1CCC(N)CC1Cc1nncn1C. The van der Waals surface area contributed by atoms with E-state index < -0.39 is 0 Å². The molecule has 3 atom stereocenters. The molecule has 1 saturated carbocycles. The number of hydrogen-bond donors (Lipinski definition) is 1. The monoisotopic (exact) mass is 208 g/mol. The molecular weight excluding hydrogens is 188 g/mol. The molecule has 84 valence electrons. The van der Waals surface area contributed by atoms with Crippen LogP contribution in [0.25, 0.3) is 0 Å². The molecule has 0 aliphatic heterocycles. The highest BCUT2D eigenvalue weighted by Gasteiger charge is 2.26. The normalized spacial score (nSPS) is 31.8. The van der Waals surface area contributed by atoms with Crippen LogP contribution in [0.5, 0.6) is 0 Å². The van der Waals surface area contributed by atoms with E-state index in [1.54, 1.807) is 6.33 Å². The molecule has 0 bridgehead atoms. The molecule has 15 heavy (non-hydrogen) atoms. The average Bonchev–Trinajstić information content (AvgIpc) is 2.58. The molecule has 1 aliphatic rings. The van der Waals surface area contributed by atoms with Gasteiger partial charge in [-0.3, -0.25) is 0 Å². The average molecular weight is 208 g/mol. The first kappa shape index (κ1) is 10.6.